The molecule has 5 heterocycles. The van der Waals surface area contributed by atoms with Crippen LogP contribution in [0.3, 0.4) is 0 Å². The first-order valence-electron chi connectivity index (χ1n) is 12.5. The van der Waals surface area contributed by atoms with E-state index in [2.05, 4.69) is 26.4 Å². The van der Waals surface area contributed by atoms with Crippen LogP contribution in [0.5, 0.6) is 5.75 Å². The molecule has 10 nitrogen and oxygen atoms in total. The quantitative estimate of drug-likeness (QED) is 0.358. The number of pyridine rings is 3. The molecule has 1 saturated heterocycles. The molecule has 0 radical (unpaired) electrons. The van der Waals surface area contributed by atoms with Gasteiger partial charge in [0.2, 0.25) is 0 Å². The van der Waals surface area contributed by atoms with Crippen molar-refractivity contribution in [1.82, 2.24) is 24.9 Å². The fourth-order valence-corrected chi connectivity index (χ4v) is 4.82. The molecule has 0 spiro atoms. The van der Waals surface area contributed by atoms with E-state index in [1.165, 1.54) is 6.20 Å². The molecule has 1 fully saturated rings. The van der Waals surface area contributed by atoms with Crippen molar-refractivity contribution in [3.63, 3.8) is 0 Å². The zero-order valence-corrected chi connectivity index (χ0v) is 22.6. The molecule has 39 heavy (non-hydrogen) atoms. The van der Waals surface area contributed by atoms with Gasteiger partial charge in [-0.15, -0.1) is 0 Å². The van der Waals surface area contributed by atoms with Gasteiger partial charge >= 0.3 is 0 Å². The summed E-state index contributed by atoms with van der Waals surface area (Å²) in [7, 11) is 0. The summed E-state index contributed by atoms with van der Waals surface area (Å²) >= 11 is 6.15. The number of aliphatic hydroxyl groups is 1. The van der Waals surface area contributed by atoms with Crippen LogP contribution in [0.2, 0.25) is 5.02 Å². The molecule has 0 aliphatic carbocycles. The van der Waals surface area contributed by atoms with Gasteiger partial charge in [0.15, 0.2) is 0 Å². The summed E-state index contributed by atoms with van der Waals surface area (Å²) in [6.45, 7) is 6.71. The van der Waals surface area contributed by atoms with E-state index in [4.69, 9.17) is 21.3 Å². The fraction of sp³-hybridized carbons (Fsp3) is 0.321. The molecule has 4 aromatic rings. The predicted molar refractivity (Wildman–Crippen MR) is 147 cm³/mol. The van der Waals surface area contributed by atoms with E-state index in [9.17, 15) is 15.2 Å². The van der Waals surface area contributed by atoms with Gasteiger partial charge in [-0.25, -0.2) is 14.5 Å². The van der Waals surface area contributed by atoms with E-state index in [1.807, 2.05) is 25.1 Å². The van der Waals surface area contributed by atoms with Crippen LogP contribution in [0.25, 0.3) is 16.6 Å². The SMILES string of the molecule is CC(C)(O)COc1cc(-c2ccc(N3CC[C@@](C)(NC(=O)c4ncccc4Cl)C3)nc2)c2c(C#N)cnn2c1. The van der Waals surface area contributed by atoms with Gasteiger partial charge in [-0.1, -0.05) is 11.6 Å². The van der Waals surface area contributed by atoms with Crippen LogP contribution in [0.1, 0.15) is 43.2 Å². The second-order valence-corrected chi connectivity index (χ2v) is 11.0. The van der Waals surface area contributed by atoms with Crippen molar-refractivity contribution in [3.05, 3.63) is 71.4 Å². The van der Waals surface area contributed by atoms with Gasteiger partial charge < -0.3 is 20.1 Å². The summed E-state index contributed by atoms with van der Waals surface area (Å²) in [5.74, 6) is 0.973. The maximum Gasteiger partial charge on any atom is 0.271 e. The molecule has 1 aliphatic rings. The first-order chi connectivity index (χ1) is 18.5. The number of carbonyl (C=O) groups is 1. The van der Waals surface area contributed by atoms with Crippen LogP contribution in [-0.4, -0.2) is 61.4 Å². The van der Waals surface area contributed by atoms with Crippen LogP contribution in [-0.2, 0) is 0 Å². The average Bonchev–Trinajstić information content (AvgIpc) is 3.50. The molecule has 1 aliphatic heterocycles. The monoisotopic (exact) mass is 545 g/mol. The topological polar surface area (TPSA) is 129 Å². The summed E-state index contributed by atoms with van der Waals surface area (Å²) in [5.41, 5.74) is 1.33. The van der Waals surface area contributed by atoms with Crippen LogP contribution in [0.15, 0.2) is 55.1 Å². The number of halogens is 1. The average molecular weight is 546 g/mol. The summed E-state index contributed by atoms with van der Waals surface area (Å²) in [6, 6.07) is 11.2. The molecular formula is C28H28ClN7O3. The third kappa shape index (κ3) is 5.65. The third-order valence-electron chi connectivity index (χ3n) is 6.54. The zero-order chi connectivity index (χ0) is 27.8. The van der Waals surface area contributed by atoms with Gasteiger partial charge in [0.1, 0.15) is 29.9 Å². The molecule has 5 rings (SSSR count). The van der Waals surface area contributed by atoms with Gasteiger partial charge in [0, 0.05) is 36.6 Å². The third-order valence-corrected chi connectivity index (χ3v) is 6.85. The first kappa shape index (κ1) is 26.4. The molecule has 2 N–H and O–H groups in total. The lowest BCUT2D eigenvalue weighted by molar-refractivity contribution is 0.0283. The number of nitrogens with one attached hydrogen (secondary N) is 1. The number of rotatable bonds is 7. The van der Waals surface area contributed by atoms with E-state index in [-0.39, 0.29) is 18.2 Å². The maximum atomic E-state index is 12.8. The van der Waals surface area contributed by atoms with Gasteiger partial charge in [0.25, 0.3) is 5.91 Å². The number of fused-ring (bicyclic) bond motifs is 1. The molecule has 0 bridgehead atoms. The van der Waals surface area contributed by atoms with Crippen LogP contribution >= 0.6 is 11.6 Å². The van der Waals surface area contributed by atoms with E-state index in [0.29, 0.717) is 34.9 Å². The van der Waals surface area contributed by atoms with Gasteiger partial charge in [-0.2, -0.15) is 10.4 Å². The number of hydrogen-bond donors (Lipinski definition) is 2. The number of amides is 1. The van der Waals surface area contributed by atoms with Crippen molar-refractivity contribution in [2.75, 3.05) is 24.6 Å². The highest BCUT2D eigenvalue weighted by molar-refractivity contribution is 6.33. The molecule has 4 aromatic heterocycles. The normalized spacial score (nSPS) is 17.3. The van der Waals surface area contributed by atoms with Crippen LogP contribution in [0.4, 0.5) is 5.82 Å². The van der Waals surface area contributed by atoms with E-state index >= 15 is 0 Å². The number of nitrogens with zero attached hydrogens (tertiary/aromatic N) is 6. The Balaban J connectivity index is 1.37. The fourth-order valence-electron chi connectivity index (χ4n) is 4.61. The number of ether oxygens (including phenoxy) is 1. The molecule has 1 amide bonds. The number of aromatic nitrogens is 4. The Labute approximate surface area is 230 Å². The predicted octanol–water partition coefficient (Wildman–Crippen LogP) is 3.86. The standard InChI is InChI=1S/C28H28ClN7O3/c1-27(2,38)17-39-20-11-21(25-19(12-30)14-33-36(25)15-20)18-6-7-23(32-13-18)35-10-8-28(3,16-35)34-26(37)24-22(29)5-4-9-31-24/h4-7,9,11,13-15,38H,8,10,16-17H2,1-3H3,(H,34,37)/t28-/m1/s1. The minimum Gasteiger partial charge on any atom is -0.489 e. The summed E-state index contributed by atoms with van der Waals surface area (Å²) in [4.78, 5) is 23.7. The Morgan fingerprint density at radius 2 is 2.13 bits per heavy atom. The van der Waals surface area contributed by atoms with Gasteiger partial charge in [-0.05, 0) is 57.5 Å². The van der Waals surface area contributed by atoms with Crippen molar-refractivity contribution < 1.29 is 14.6 Å². The molecule has 0 unspecified atom stereocenters. The van der Waals surface area contributed by atoms with E-state index in [1.54, 1.807) is 49.1 Å². The zero-order valence-electron chi connectivity index (χ0n) is 21.8. The van der Waals surface area contributed by atoms with Gasteiger partial charge in [0.05, 0.1) is 39.6 Å². The highest BCUT2D eigenvalue weighted by Crippen LogP contribution is 2.33. The smallest absolute Gasteiger partial charge is 0.271 e. The summed E-state index contributed by atoms with van der Waals surface area (Å²) in [5, 5.41) is 27.4. The second-order valence-electron chi connectivity index (χ2n) is 10.6. The van der Waals surface area contributed by atoms with Gasteiger partial charge in [-0.3, -0.25) is 4.79 Å². The number of carbonyl (C=O) groups excluding carboxylic acids is 1. The van der Waals surface area contributed by atoms with Crippen molar-refractivity contribution >= 4 is 28.8 Å². The first-order valence-corrected chi connectivity index (χ1v) is 12.8. The van der Waals surface area contributed by atoms with E-state index < -0.39 is 11.1 Å². The molecule has 0 aromatic carbocycles. The molecule has 0 saturated carbocycles. The number of hydrogen-bond acceptors (Lipinski definition) is 8. The Hall–Kier alpha value is -4.20. The lowest BCUT2D eigenvalue weighted by Gasteiger charge is -2.26. The van der Waals surface area contributed by atoms with Crippen molar-refractivity contribution in [2.45, 2.75) is 38.3 Å². The Morgan fingerprint density at radius 3 is 2.82 bits per heavy atom. The molecule has 1 atom stereocenters. The second kappa shape index (κ2) is 10.2. The summed E-state index contributed by atoms with van der Waals surface area (Å²) in [6.07, 6.45) is 7.22. The summed E-state index contributed by atoms with van der Waals surface area (Å²) < 4.78 is 7.41. The van der Waals surface area contributed by atoms with E-state index in [0.717, 1.165) is 23.4 Å². The maximum absolute atomic E-state index is 12.8. The molecule has 11 heteroatoms. The van der Waals surface area contributed by atoms with Crippen LogP contribution in [0, 0.1) is 11.3 Å². The minimum absolute atomic E-state index is 0.0956. The van der Waals surface area contributed by atoms with Crippen molar-refractivity contribution in [1.29, 1.82) is 5.26 Å². The van der Waals surface area contributed by atoms with Crippen molar-refractivity contribution in [2.24, 2.45) is 0 Å². The lowest BCUT2D eigenvalue weighted by atomic mass is 10.0. The Morgan fingerprint density at radius 1 is 1.31 bits per heavy atom. The number of anilines is 1. The largest absolute Gasteiger partial charge is 0.489 e. The highest BCUT2D eigenvalue weighted by Gasteiger charge is 2.36. The minimum atomic E-state index is -1.01. The van der Waals surface area contributed by atoms with Crippen LogP contribution < -0.4 is 15.0 Å². The molecular weight excluding hydrogens is 518 g/mol. The Bertz CT molecular complexity index is 1570. The Kier molecular flexibility index (Phi) is 6.89. The molecule has 200 valence electrons. The lowest BCUT2D eigenvalue weighted by Crippen LogP contribution is -2.48. The highest BCUT2D eigenvalue weighted by atomic mass is 35.5. The van der Waals surface area contributed by atoms with Crippen molar-refractivity contribution in [3.8, 4) is 22.9 Å². The number of nitriles is 1.